The molecule has 0 atom stereocenters. The zero-order valence-electron chi connectivity index (χ0n) is 10.2. The first-order valence-electron chi connectivity index (χ1n) is 5.91. The van der Waals surface area contributed by atoms with Crippen LogP contribution in [0.4, 0.5) is 4.39 Å². The maximum absolute atomic E-state index is 13.1. The molecule has 0 saturated heterocycles. The van der Waals surface area contributed by atoms with Gasteiger partial charge in [0.25, 0.3) is 0 Å². The van der Waals surface area contributed by atoms with Crippen molar-refractivity contribution in [3.63, 3.8) is 0 Å². The molecular weight excluding hydrogens is 297 g/mol. The molecule has 0 unspecified atom stereocenters. The van der Waals surface area contributed by atoms with Gasteiger partial charge in [0.2, 0.25) is 0 Å². The summed E-state index contributed by atoms with van der Waals surface area (Å²) < 4.78 is 19.6. The maximum Gasteiger partial charge on any atom is 0.123 e. The average molecular weight is 312 g/mol. The highest BCUT2D eigenvalue weighted by Gasteiger charge is 2.03. The summed E-state index contributed by atoms with van der Waals surface area (Å²) in [6.45, 7) is 3.29. The van der Waals surface area contributed by atoms with Crippen LogP contribution in [0.2, 0.25) is 0 Å². The Morgan fingerprint density at radius 1 is 1.17 bits per heavy atom. The monoisotopic (exact) mass is 311 g/mol. The summed E-state index contributed by atoms with van der Waals surface area (Å²) in [6.07, 6.45) is 0.898. The summed E-state index contributed by atoms with van der Waals surface area (Å²) in [5, 5.41) is 3.23. The van der Waals surface area contributed by atoms with Gasteiger partial charge >= 0.3 is 0 Å². The molecule has 1 aromatic carbocycles. The standard InChI is InChI=1S/C14H15BrFNO/c1-2-12-4-5-13(18-12)9-17-8-10-7-11(16)3-6-14(10)15/h3-7,17H,2,8-9H2,1H3. The highest BCUT2D eigenvalue weighted by Crippen LogP contribution is 2.17. The lowest BCUT2D eigenvalue weighted by Gasteiger charge is -2.05. The molecule has 0 fully saturated rings. The van der Waals surface area contributed by atoms with Crippen molar-refractivity contribution in [2.75, 3.05) is 0 Å². The molecule has 0 saturated carbocycles. The Balaban J connectivity index is 1.90. The van der Waals surface area contributed by atoms with E-state index in [0.29, 0.717) is 13.1 Å². The van der Waals surface area contributed by atoms with Gasteiger partial charge in [-0.3, -0.25) is 0 Å². The van der Waals surface area contributed by atoms with Gasteiger partial charge in [0.15, 0.2) is 0 Å². The third-order valence-corrected chi connectivity index (χ3v) is 3.46. The Bertz CT molecular complexity index is 524. The Morgan fingerprint density at radius 3 is 2.67 bits per heavy atom. The summed E-state index contributed by atoms with van der Waals surface area (Å²) in [4.78, 5) is 0. The van der Waals surface area contributed by atoms with E-state index in [9.17, 15) is 4.39 Å². The van der Waals surface area contributed by atoms with Crippen molar-refractivity contribution in [3.05, 3.63) is 57.7 Å². The molecule has 1 heterocycles. The summed E-state index contributed by atoms with van der Waals surface area (Å²) in [6, 6.07) is 8.63. The van der Waals surface area contributed by atoms with Crippen LogP contribution in [0.5, 0.6) is 0 Å². The summed E-state index contributed by atoms with van der Waals surface area (Å²) in [7, 11) is 0. The van der Waals surface area contributed by atoms with Gasteiger partial charge in [-0.25, -0.2) is 4.39 Å². The smallest absolute Gasteiger partial charge is 0.123 e. The van der Waals surface area contributed by atoms with Gasteiger partial charge in [-0.05, 0) is 35.9 Å². The zero-order valence-corrected chi connectivity index (χ0v) is 11.8. The van der Waals surface area contributed by atoms with Crippen molar-refractivity contribution in [1.29, 1.82) is 0 Å². The second-order valence-corrected chi connectivity index (χ2v) is 4.92. The molecule has 0 aliphatic rings. The molecule has 0 radical (unpaired) electrons. The number of hydrogen-bond donors (Lipinski definition) is 1. The molecule has 0 aliphatic heterocycles. The first kappa shape index (κ1) is 13.3. The van der Waals surface area contributed by atoms with Crippen molar-refractivity contribution in [3.8, 4) is 0 Å². The van der Waals surface area contributed by atoms with E-state index in [1.54, 1.807) is 6.07 Å². The minimum Gasteiger partial charge on any atom is -0.465 e. The predicted octanol–water partition coefficient (Wildman–Crippen LogP) is 4.03. The molecule has 0 bridgehead atoms. The van der Waals surface area contributed by atoms with E-state index >= 15 is 0 Å². The molecular formula is C14H15BrFNO. The lowest BCUT2D eigenvalue weighted by atomic mass is 10.2. The molecule has 18 heavy (non-hydrogen) atoms. The van der Waals surface area contributed by atoms with Crippen LogP contribution in [0.25, 0.3) is 0 Å². The number of hydrogen-bond acceptors (Lipinski definition) is 2. The summed E-state index contributed by atoms with van der Waals surface area (Å²) in [5.74, 6) is 1.67. The lowest BCUT2D eigenvalue weighted by Crippen LogP contribution is -2.12. The number of aryl methyl sites for hydroxylation is 1. The van der Waals surface area contributed by atoms with Crippen LogP contribution in [0.3, 0.4) is 0 Å². The van der Waals surface area contributed by atoms with Crippen molar-refractivity contribution in [2.45, 2.75) is 26.4 Å². The molecule has 2 aromatic rings. The largest absolute Gasteiger partial charge is 0.465 e. The molecule has 0 amide bonds. The van der Waals surface area contributed by atoms with Crippen LogP contribution in [-0.2, 0) is 19.5 Å². The zero-order chi connectivity index (χ0) is 13.0. The Morgan fingerprint density at radius 2 is 1.94 bits per heavy atom. The van der Waals surface area contributed by atoms with E-state index in [-0.39, 0.29) is 5.82 Å². The molecule has 2 rings (SSSR count). The van der Waals surface area contributed by atoms with E-state index < -0.39 is 0 Å². The van der Waals surface area contributed by atoms with Gasteiger partial charge in [-0.15, -0.1) is 0 Å². The molecule has 1 N–H and O–H groups in total. The number of benzene rings is 1. The van der Waals surface area contributed by atoms with Gasteiger partial charge in [0.05, 0.1) is 6.54 Å². The van der Waals surface area contributed by atoms with Gasteiger partial charge in [0, 0.05) is 17.4 Å². The van der Waals surface area contributed by atoms with Crippen molar-refractivity contribution in [2.24, 2.45) is 0 Å². The van der Waals surface area contributed by atoms with E-state index in [1.165, 1.54) is 12.1 Å². The van der Waals surface area contributed by atoms with Crippen molar-refractivity contribution in [1.82, 2.24) is 5.32 Å². The lowest BCUT2D eigenvalue weighted by molar-refractivity contribution is 0.450. The fraction of sp³-hybridized carbons (Fsp3) is 0.286. The van der Waals surface area contributed by atoms with Crippen LogP contribution in [-0.4, -0.2) is 0 Å². The minimum atomic E-state index is -0.221. The Labute approximate surface area is 114 Å². The SMILES string of the molecule is CCc1ccc(CNCc2cc(F)ccc2Br)o1. The van der Waals surface area contributed by atoms with Crippen molar-refractivity contribution >= 4 is 15.9 Å². The van der Waals surface area contributed by atoms with Gasteiger partial charge in [0.1, 0.15) is 17.3 Å². The van der Waals surface area contributed by atoms with Crippen molar-refractivity contribution < 1.29 is 8.81 Å². The predicted molar refractivity (Wildman–Crippen MR) is 72.7 cm³/mol. The highest BCUT2D eigenvalue weighted by atomic mass is 79.9. The quantitative estimate of drug-likeness (QED) is 0.901. The molecule has 2 nitrogen and oxygen atoms in total. The topological polar surface area (TPSA) is 25.2 Å². The molecule has 0 aliphatic carbocycles. The number of furan rings is 1. The summed E-state index contributed by atoms with van der Waals surface area (Å²) >= 11 is 3.40. The van der Waals surface area contributed by atoms with Crippen LogP contribution in [0, 0.1) is 5.82 Å². The average Bonchev–Trinajstić information content (AvgIpc) is 2.81. The second-order valence-electron chi connectivity index (χ2n) is 4.06. The van der Waals surface area contributed by atoms with E-state index in [0.717, 1.165) is 28.0 Å². The van der Waals surface area contributed by atoms with E-state index in [4.69, 9.17) is 4.42 Å². The van der Waals surface area contributed by atoms with E-state index in [2.05, 4.69) is 28.2 Å². The Hall–Kier alpha value is -1.13. The molecule has 1 aromatic heterocycles. The minimum absolute atomic E-state index is 0.221. The normalized spacial score (nSPS) is 10.8. The molecule has 4 heteroatoms. The van der Waals surface area contributed by atoms with Crippen LogP contribution in [0.15, 0.2) is 39.2 Å². The number of rotatable bonds is 5. The number of nitrogens with one attached hydrogen (secondary N) is 1. The Kier molecular flexibility index (Phi) is 4.55. The molecule has 96 valence electrons. The third kappa shape index (κ3) is 3.43. The van der Waals surface area contributed by atoms with Gasteiger partial charge in [-0.1, -0.05) is 22.9 Å². The fourth-order valence-electron chi connectivity index (χ4n) is 1.71. The second kappa shape index (κ2) is 6.16. The first-order chi connectivity index (χ1) is 8.69. The van der Waals surface area contributed by atoms with Crippen LogP contribution in [0.1, 0.15) is 24.0 Å². The fourth-order valence-corrected chi connectivity index (χ4v) is 2.09. The summed E-state index contributed by atoms with van der Waals surface area (Å²) in [5.41, 5.74) is 0.900. The number of halogens is 2. The van der Waals surface area contributed by atoms with E-state index in [1.807, 2.05) is 12.1 Å². The molecule has 0 spiro atoms. The van der Waals surface area contributed by atoms with Crippen LogP contribution < -0.4 is 5.32 Å². The van der Waals surface area contributed by atoms with Crippen LogP contribution >= 0.6 is 15.9 Å². The maximum atomic E-state index is 13.1. The highest BCUT2D eigenvalue weighted by molar-refractivity contribution is 9.10. The third-order valence-electron chi connectivity index (χ3n) is 2.69. The first-order valence-corrected chi connectivity index (χ1v) is 6.70. The van der Waals surface area contributed by atoms with Gasteiger partial charge in [-0.2, -0.15) is 0 Å². The van der Waals surface area contributed by atoms with Gasteiger partial charge < -0.3 is 9.73 Å².